The smallest absolute Gasteiger partial charge is 0.368 e. The Morgan fingerprint density at radius 3 is 1.45 bits per heavy atom. The molecule has 0 aliphatic heterocycles. The van der Waals surface area contributed by atoms with Gasteiger partial charge in [-0.25, -0.2) is 0 Å². The topological polar surface area (TPSA) is 90.4 Å². The largest absolute Gasteiger partial charge is 0.394 e. The molecule has 0 fully saturated rings. The Bertz CT molecular complexity index is 218. The summed E-state index contributed by atoms with van der Waals surface area (Å²) >= 11 is 0. The molecule has 7 heteroatoms. The second-order valence-corrected chi connectivity index (χ2v) is 2.23. The molecule has 3 N–H and O–H groups in total. The number of H-pyrrole nitrogens is 1. The molecule has 0 aliphatic rings. The molecular formula is C4H8ClNO4S. The molecule has 1 heterocycles. The summed E-state index contributed by atoms with van der Waals surface area (Å²) in [4.78, 5) is 2.86. The van der Waals surface area contributed by atoms with Crippen LogP contribution in [0.25, 0.3) is 0 Å². The molecule has 0 aromatic carbocycles. The van der Waals surface area contributed by atoms with Crippen molar-refractivity contribution in [2.75, 3.05) is 0 Å². The Kier molecular flexibility index (Phi) is 7.33. The Hall–Kier alpha value is -0.560. The van der Waals surface area contributed by atoms with E-state index in [0.717, 1.165) is 0 Å². The van der Waals surface area contributed by atoms with Crippen molar-refractivity contribution in [3.05, 3.63) is 24.5 Å². The highest BCUT2D eigenvalue weighted by Crippen LogP contribution is 1.72. The molecule has 0 bridgehead atoms. The van der Waals surface area contributed by atoms with Gasteiger partial charge in [0.25, 0.3) is 0 Å². The van der Waals surface area contributed by atoms with Crippen molar-refractivity contribution in [1.82, 2.24) is 4.98 Å². The molecule has 1 aromatic rings. The second-order valence-electron chi connectivity index (χ2n) is 1.33. The van der Waals surface area contributed by atoms with E-state index >= 15 is 0 Å². The first-order chi connectivity index (χ1) is 4.50. The van der Waals surface area contributed by atoms with Crippen LogP contribution in [0.15, 0.2) is 24.5 Å². The average Bonchev–Trinajstić information content (AvgIpc) is 2.07. The van der Waals surface area contributed by atoms with Gasteiger partial charge >= 0.3 is 10.4 Å². The van der Waals surface area contributed by atoms with Crippen LogP contribution in [0.5, 0.6) is 0 Å². The summed E-state index contributed by atoms with van der Waals surface area (Å²) in [5.74, 6) is 0. The zero-order valence-corrected chi connectivity index (χ0v) is 6.97. The lowest BCUT2D eigenvalue weighted by molar-refractivity contribution is 0.381. The lowest BCUT2D eigenvalue weighted by Gasteiger charge is -1.68. The average molecular weight is 202 g/mol. The van der Waals surface area contributed by atoms with Gasteiger partial charge in [-0.3, -0.25) is 9.11 Å². The maximum absolute atomic E-state index is 8.74. The molecule has 0 atom stereocenters. The number of halogens is 1. The Morgan fingerprint density at radius 1 is 1.09 bits per heavy atom. The number of nitrogens with one attached hydrogen (secondary N) is 1. The molecule has 66 valence electrons. The van der Waals surface area contributed by atoms with E-state index in [1.54, 1.807) is 0 Å². The first-order valence-corrected chi connectivity index (χ1v) is 3.67. The first kappa shape index (κ1) is 13.1. The number of rotatable bonds is 0. The maximum atomic E-state index is 8.74. The third kappa shape index (κ3) is 26.5. The summed E-state index contributed by atoms with van der Waals surface area (Å²) in [5.41, 5.74) is 0. The predicted molar refractivity (Wildman–Crippen MR) is 42.2 cm³/mol. The van der Waals surface area contributed by atoms with Crippen molar-refractivity contribution >= 4 is 22.8 Å². The van der Waals surface area contributed by atoms with Crippen molar-refractivity contribution in [1.29, 1.82) is 0 Å². The van der Waals surface area contributed by atoms with E-state index in [0.29, 0.717) is 0 Å². The summed E-state index contributed by atoms with van der Waals surface area (Å²) in [6, 6.07) is 3.89. The van der Waals surface area contributed by atoms with E-state index in [1.807, 2.05) is 24.5 Å². The maximum Gasteiger partial charge on any atom is 0.394 e. The van der Waals surface area contributed by atoms with Crippen LogP contribution in [0.1, 0.15) is 0 Å². The first-order valence-electron chi connectivity index (χ1n) is 2.28. The summed E-state index contributed by atoms with van der Waals surface area (Å²) in [6.07, 6.45) is 3.75. The van der Waals surface area contributed by atoms with Gasteiger partial charge < -0.3 is 4.98 Å². The van der Waals surface area contributed by atoms with Crippen LogP contribution in [-0.4, -0.2) is 22.5 Å². The monoisotopic (exact) mass is 201 g/mol. The minimum absolute atomic E-state index is 0. The summed E-state index contributed by atoms with van der Waals surface area (Å²) in [7, 11) is -4.67. The number of aromatic amines is 1. The molecule has 0 unspecified atom stereocenters. The third-order valence-electron chi connectivity index (χ3n) is 0.496. The van der Waals surface area contributed by atoms with E-state index in [1.165, 1.54) is 0 Å². The molecule has 0 saturated carbocycles. The molecular weight excluding hydrogens is 194 g/mol. The van der Waals surface area contributed by atoms with Crippen molar-refractivity contribution in [3.63, 3.8) is 0 Å². The second kappa shape index (κ2) is 6.17. The number of hydrogen-bond acceptors (Lipinski definition) is 2. The molecule has 1 aromatic heterocycles. The van der Waals surface area contributed by atoms with E-state index in [-0.39, 0.29) is 12.4 Å². The van der Waals surface area contributed by atoms with Crippen molar-refractivity contribution in [2.45, 2.75) is 0 Å². The summed E-state index contributed by atoms with van der Waals surface area (Å²) in [6.45, 7) is 0. The van der Waals surface area contributed by atoms with Crippen molar-refractivity contribution in [3.8, 4) is 0 Å². The fourth-order valence-electron chi connectivity index (χ4n) is 0.278. The Morgan fingerprint density at radius 2 is 1.36 bits per heavy atom. The zero-order valence-electron chi connectivity index (χ0n) is 5.34. The zero-order chi connectivity index (χ0) is 8.04. The van der Waals surface area contributed by atoms with Crippen LogP contribution in [0.4, 0.5) is 0 Å². The van der Waals surface area contributed by atoms with E-state index < -0.39 is 10.4 Å². The minimum atomic E-state index is -4.67. The molecule has 0 aliphatic carbocycles. The van der Waals surface area contributed by atoms with Gasteiger partial charge in [0.15, 0.2) is 0 Å². The van der Waals surface area contributed by atoms with E-state index in [9.17, 15) is 0 Å². The highest BCUT2D eigenvalue weighted by Gasteiger charge is 1.84. The predicted octanol–water partition coefficient (Wildman–Crippen LogP) is 0.784. The number of aromatic nitrogens is 1. The van der Waals surface area contributed by atoms with Crippen LogP contribution in [0.3, 0.4) is 0 Å². The van der Waals surface area contributed by atoms with Crippen LogP contribution < -0.4 is 0 Å². The van der Waals surface area contributed by atoms with Crippen LogP contribution in [0.2, 0.25) is 0 Å². The van der Waals surface area contributed by atoms with Gasteiger partial charge in [0, 0.05) is 12.4 Å². The number of hydrogen-bond donors (Lipinski definition) is 3. The van der Waals surface area contributed by atoms with Gasteiger partial charge in [-0.15, -0.1) is 12.4 Å². The molecule has 11 heavy (non-hydrogen) atoms. The Labute approximate surface area is 70.4 Å². The molecule has 0 spiro atoms. The fourth-order valence-corrected chi connectivity index (χ4v) is 0.278. The van der Waals surface area contributed by atoms with Gasteiger partial charge in [-0.2, -0.15) is 8.42 Å². The standard InChI is InChI=1S/C4H5N.ClH.H2O4S/c1-2-4-5-3-1;;1-5(2,3)4/h1-5H;1H;(H2,1,2,3,4). The Balaban J connectivity index is 0. The molecule has 0 amide bonds. The molecule has 0 radical (unpaired) electrons. The molecule has 1 rings (SSSR count). The minimum Gasteiger partial charge on any atom is -0.368 e. The highest BCUT2D eigenvalue weighted by atomic mass is 35.5. The van der Waals surface area contributed by atoms with Gasteiger partial charge in [-0.05, 0) is 12.1 Å². The highest BCUT2D eigenvalue weighted by molar-refractivity contribution is 7.79. The van der Waals surface area contributed by atoms with Crippen LogP contribution in [-0.2, 0) is 10.4 Å². The SMILES string of the molecule is Cl.O=S(=O)(O)O.c1cc[nH]c1. The van der Waals surface area contributed by atoms with Gasteiger partial charge in [0.05, 0.1) is 0 Å². The van der Waals surface area contributed by atoms with Gasteiger partial charge in [-0.1, -0.05) is 0 Å². The van der Waals surface area contributed by atoms with Gasteiger partial charge in [0.1, 0.15) is 0 Å². The fraction of sp³-hybridized carbons (Fsp3) is 0. The molecule has 5 nitrogen and oxygen atoms in total. The molecule has 0 saturated heterocycles. The van der Waals surface area contributed by atoms with Crippen molar-refractivity contribution in [2.24, 2.45) is 0 Å². The third-order valence-corrected chi connectivity index (χ3v) is 0.496. The van der Waals surface area contributed by atoms with Crippen molar-refractivity contribution < 1.29 is 17.5 Å². The van der Waals surface area contributed by atoms with E-state index in [2.05, 4.69) is 4.98 Å². The van der Waals surface area contributed by atoms with E-state index in [4.69, 9.17) is 17.5 Å². The van der Waals surface area contributed by atoms with Gasteiger partial charge in [0.2, 0.25) is 0 Å². The lowest BCUT2D eigenvalue weighted by Crippen LogP contribution is -1.89. The quantitative estimate of drug-likeness (QED) is 0.541. The summed E-state index contributed by atoms with van der Waals surface area (Å²) < 4.78 is 31.6. The lowest BCUT2D eigenvalue weighted by atomic mass is 10.7. The summed E-state index contributed by atoms with van der Waals surface area (Å²) in [5, 5.41) is 0. The normalized spacial score (nSPS) is 8.91. The van der Waals surface area contributed by atoms with Crippen LogP contribution in [0, 0.1) is 0 Å². The van der Waals surface area contributed by atoms with Crippen LogP contribution >= 0.6 is 12.4 Å².